The van der Waals surface area contributed by atoms with Crippen LogP contribution in [0.4, 0.5) is 0 Å². The van der Waals surface area contributed by atoms with Gasteiger partial charge < -0.3 is 8.98 Å². The number of para-hydroxylation sites is 2. The molecule has 9 aromatic rings. The molecule has 3 aromatic heterocycles. The highest BCUT2D eigenvalue weighted by Gasteiger charge is 2.21. The Morgan fingerprint density at radius 1 is 0.480 bits per heavy atom. The Morgan fingerprint density at radius 2 is 1.06 bits per heavy atom. The van der Waals surface area contributed by atoms with Crippen LogP contribution in [0.25, 0.3) is 83.2 Å². The van der Waals surface area contributed by atoms with Gasteiger partial charge in [0.1, 0.15) is 11.2 Å². The molecule has 0 saturated carbocycles. The molecule has 0 spiro atoms. The average Bonchev–Trinajstić information content (AvgIpc) is 3.73. The van der Waals surface area contributed by atoms with E-state index in [1.165, 1.54) is 32.9 Å². The standard InChI is InChI=1S/C45H30N4O/c1-3-12-29(13-4-1)43-46-44(30-14-5-2-6-15-30)48-45(47-43)33-16-11-17-34(26-33)49-39-20-9-7-18-35(39)37-27-31(22-24-40(37)49)32-23-25-42-38(28-32)36-19-8-10-21-41(36)50-42/h1-16,18-28,34H,17H2. The van der Waals surface area contributed by atoms with E-state index >= 15 is 0 Å². The molecule has 1 aliphatic rings. The number of hydrogen-bond donors (Lipinski definition) is 0. The van der Waals surface area contributed by atoms with Gasteiger partial charge in [0.2, 0.25) is 0 Å². The first-order valence-electron chi connectivity index (χ1n) is 17.0. The number of benzene rings is 6. The van der Waals surface area contributed by atoms with Crippen LogP contribution >= 0.6 is 0 Å². The summed E-state index contributed by atoms with van der Waals surface area (Å²) in [5.41, 5.74) is 9.49. The van der Waals surface area contributed by atoms with E-state index in [-0.39, 0.29) is 6.04 Å². The summed E-state index contributed by atoms with van der Waals surface area (Å²) in [7, 11) is 0. The second kappa shape index (κ2) is 11.5. The van der Waals surface area contributed by atoms with Crippen molar-refractivity contribution in [1.29, 1.82) is 0 Å². The van der Waals surface area contributed by atoms with Crippen LogP contribution in [0.5, 0.6) is 0 Å². The summed E-state index contributed by atoms with van der Waals surface area (Å²) in [6, 6.07) is 50.7. The third kappa shape index (κ3) is 4.74. The normalized spacial score (nSPS) is 14.6. The van der Waals surface area contributed by atoms with Crippen LogP contribution in [-0.4, -0.2) is 19.5 Å². The van der Waals surface area contributed by atoms with Crippen molar-refractivity contribution in [3.8, 4) is 33.9 Å². The number of rotatable bonds is 5. The van der Waals surface area contributed by atoms with E-state index < -0.39 is 0 Å². The van der Waals surface area contributed by atoms with Gasteiger partial charge in [-0.25, -0.2) is 15.0 Å². The fourth-order valence-electron chi connectivity index (χ4n) is 7.38. The summed E-state index contributed by atoms with van der Waals surface area (Å²) >= 11 is 0. The highest BCUT2D eigenvalue weighted by Crippen LogP contribution is 2.39. The number of nitrogens with zero attached hydrogens (tertiary/aromatic N) is 4. The van der Waals surface area contributed by atoms with E-state index in [0.29, 0.717) is 17.5 Å². The molecule has 5 nitrogen and oxygen atoms in total. The lowest BCUT2D eigenvalue weighted by atomic mass is 10.00. The molecule has 0 saturated heterocycles. The van der Waals surface area contributed by atoms with Crippen molar-refractivity contribution in [3.05, 3.63) is 170 Å². The minimum absolute atomic E-state index is 0.0778. The van der Waals surface area contributed by atoms with Crippen LogP contribution < -0.4 is 0 Å². The van der Waals surface area contributed by atoms with E-state index in [0.717, 1.165) is 45.1 Å². The lowest BCUT2D eigenvalue weighted by molar-refractivity contribution is 0.649. The number of allylic oxidation sites excluding steroid dienone is 4. The Balaban J connectivity index is 1.10. The smallest absolute Gasteiger partial charge is 0.164 e. The van der Waals surface area contributed by atoms with Crippen molar-refractivity contribution in [2.75, 3.05) is 0 Å². The Morgan fingerprint density at radius 3 is 1.82 bits per heavy atom. The molecule has 5 heteroatoms. The molecule has 3 heterocycles. The van der Waals surface area contributed by atoms with Gasteiger partial charge in [0.05, 0.1) is 6.04 Å². The zero-order chi connectivity index (χ0) is 33.0. The zero-order valence-corrected chi connectivity index (χ0v) is 27.1. The molecular weight excluding hydrogens is 613 g/mol. The second-order valence-corrected chi connectivity index (χ2v) is 12.8. The average molecular weight is 643 g/mol. The topological polar surface area (TPSA) is 56.7 Å². The lowest BCUT2D eigenvalue weighted by Gasteiger charge is -2.21. The van der Waals surface area contributed by atoms with E-state index in [4.69, 9.17) is 19.4 Å². The van der Waals surface area contributed by atoms with Crippen LogP contribution in [-0.2, 0) is 0 Å². The number of hydrogen-bond acceptors (Lipinski definition) is 4. The molecule has 0 aliphatic heterocycles. The molecule has 0 radical (unpaired) electrons. The van der Waals surface area contributed by atoms with Gasteiger partial charge in [-0.2, -0.15) is 0 Å². The van der Waals surface area contributed by atoms with Gasteiger partial charge in [-0.3, -0.25) is 0 Å². The Kier molecular flexibility index (Phi) is 6.56. The fourth-order valence-corrected chi connectivity index (χ4v) is 7.38. The molecule has 50 heavy (non-hydrogen) atoms. The molecule has 0 bridgehead atoms. The quantitative estimate of drug-likeness (QED) is 0.187. The third-order valence-corrected chi connectivity index (χ3v) is 9.76. The van der Waals surface area contributed by atoms with Crippen LogP contribution in [0.2, 0.25) is 0 Å². The van der Waals surface area contributed by atoms with Gasteiger partial charge in [0.25, 0.3) is 0 Å². The second-order valence-electron chi connectivity index (χ2n) is 12.8. The van der Waals surface area contributed by atoms with E-state index in [1.54, 1.807) is 0 Å². The molecular formula is C45H30N4O. The van der Waals surface area contributed by atoms with Gasteiger partial charge in [-0.05, 0) is 53.9 Å². The molecule has 0 amide bonds. The molecule has 1 atom stereocenters. The van der Waals surface area contributed by atoms with Crippen molar-refractivity contribution in [3.63, 3.8) is 0 Å². The predicted octanol–water partition coefficient (Wildman–Crippen LogP) is 11.5. The number of aromatic nitrogens is 4. The maximum Gasteiger partial charge on any atom is 0.164 e. The van der Waals surface area contributed by atoms with Crippen molar-refractivity contribution in [2.45, 2.75) is 12.5 Å². The summed E-state index contributed by atoms with van der Waals surface area (Å²) in [4.78, 5) is 14.9. The fraction of sp³-hybridized carbons (Fsp3) is 0.0444. The third-order valence-electron chi connectivity index (χ3n) is 9.76. The van der Waals surface area contributed by atoms with Gasteiger partial charge in [-0.1, -0.05) is 127 Å². The monoisotopic (exact) mass is 642 g/mol. The molecule has 10 rings (SSSR count). The molecule has 0 fully saturated rings. The molecule has 1 unspecified atom stereocenters. The first-order valence-corrected chi connectivity index (χ1v) is 17.0. The minimum atomic E-state index is 0.0778. The maximum absolute atomic E-state index is 6.11. The SMILES string of the molecule is C1=CC(c2nc(-c3ccccc3)nc(-c3ccccc3)n2)=CC(n2c3ccccc3c3cc(-c4ccc5oc6ccccc6c5c4)ccc32)C1. The first-order chi connectivity index (χ1) is 24.8. The van der Waals surface area contributed by atoms with Crippen LogP contribution in [0.3, 0.4) is 0 Å². The number of furan rings is 1. The van der Waals surface area contributed by atoms with Crippen molar-refractivity contribution < 1.29 is 4.42 Å². The lowest BCUT2D eigenvalue weighted by Crippen LogP contribution is -2.10. The largest absolute Gasteiger partial charge is 0.456 e. The highest BCUT2D eigenvalue weighted by atomic mass is 16.3. The zero-order valence-electron chi connectivity index (χ0n) is 27.1. The highest BCUT2D eigenvalue weighted by molar-refractivity contribution is 6.10. The van der Waals surface area contributed by atoms with Crippen LogP contribution in [0.15, 0.2) is 168 Å². The summed E-state index contributed by atoms with van der Waals surface area (Å²) in [5, 5.41) is 4.75. The van der Waals surface area contributed by atoms with Gasteiger partial charge >= 0.3 is 0 Å². The van der Waals surface area contributed by atoms with Gasteiger partial charge in [0, 0.05) is 49.3 Å². The van der Waals surface area contributed by atoms with Crippen molar-refractivity contribution in [1.82, 2.24) is 19.5 Å². The first kappa shape index (κ1) is 28.4. The van der Waals surface area contributed by atoms with Crippen molar-refractivity contribution >= 4 is 49.3 Å². The maximum atomic E-state index is 6.11. The summed E-state index contributed by atoms with van der Waals surface area (Å²) in [5.74, 6) is 2.00. The van der Waals surface area contributed by atoms with Gasteiger partial charge in [-0.15, -0.1) is 0 Å². The summed E-state index contributed by atoms with van der Waals surface area (Å²) in [6.45, 7) is 0. The van der Waals surface area contributed by atoms with E-state index in [1.807, 2.05) is 72.8 Å². The van der Waals surface area contributed by atoms with E-state index in [9.17, 15) is 0 Å². The summed E-state index contributed by atoms with van der Waals surface area (Å²) < 4.78 is 8.59. The van der Waals surface area contributed by atoms with Gasteiger partial charge in [0.15, 0.2) is 17.5 Å². The minimum Gasteiger partial charge on any atom is -0.456 e. The molecule has 1 aliphatic carbocycles. The van der Waals surface area contributed by atoms with Crippen LogP contribution in [0.1, 0.15) is 18.3 Å². The van der Waals surface area contributed by atoms with Crippen LogP contribution in [0, 0.1) is 0 Å². The predicted molar refractivity (Wildman–Crippen MR) is 204 cm³/mol. The Bertz CT molecular complexity index is 2730. The molecule has 6 aromatic carbocycles. The molecule has 236 valence electrons. The van der Waals surface area contributed by atoms with E-state index in [2.05, 4.69) is 95.6 Å². The Labute approximate surface area is 288 Å². The number of fused-ring (bicyclic) bond motifs is 6. The van der Waals surface area contributed by atoms with Crippen molar-refractivity contribution in [2.24, 2.45) is 0 Å². The summed E-state index contributed by atoms with van der Waals surface area (Å²) in [6.07, 6.45) is 7.58. The Hall–Kier alpha value is -6.59. The molecule has 0 N–H and O–H groups in total.